The van der Waals surface area contributed by atoms with E-state index in [4.69, 9.17) is 0 Å². The normalized spacial score (nSPS) is 12.6. The number of nitrogens with zero attached hydrogens (tertiary/aromatic N) is 2. The Balaban J connectivity index is 2.07. The van der Waals surface area contributed by atoms with Crippen molar-refractivity contribution in [1.29, 1.82) is 0 Å². The van der Waals surface area contributed by atoms with E-state index >= 15 is 0 Å². The van der Waals surface area contributed by atoms with Crippen molar-refractivity contribution < 1.29 is 0 Å². The highest BCUT2D eigenvalue weighted by atomic mass is 32.1. The van der Waals surface area contributed by atoms with Crippen LogP contribution in [-0.4, -0.2) is 9.55 Å². The summed E-state index contributed by atoms with van der Waals surface area (Å²) in [6.45, 7) is 0.854. The van der Waals surface area contributed by atoms with E-state index in [1.54, 1.807) is 6.20 Å². The van der Waals surface area contributed by atoms with Crippen LogP contribution in [0.5, 0.6) is 0 Å². The Bertz CT molecular complexity index is 369. The van der Waals surface area contributed by atoms with Crippen molar-refractivity contribution >= 4 is 12.6 Å². The maximum atomic E-state index is 4.56. The van der Waals surface area contributed by atoms with Crippen LogP contribution in [0.1, 0.15) is 10.8 Å². The lowest BCUT2D eigenvalue weighted by molar-refractivity contribution is 0.686. The topological polar surface area (TPSA) is 17.8 Å². The molecule has 14 heavy (non-hydrogen) atoms. The van der Waals surface area contributed by atoms with Gasteiger partial charge in [-0.15, -0.1) is 0 Å². The number of rotatable bonds is 3. The summed E-state index contributed by atoms with van der Waals surface area (Å²) >= 11 is 4.56. The zero-order valence-electron chi connectivity index (χ0n) is 7.74. The fraction of sp³-hybridized carbons (Fsp3) is 0.182. The van der Waals surface area contributed by atoms with Gasteiger partial charge >= 0.3 is 0 Å². The molecule has 1 heterocycles. The Morgan fingerprint density at radius 1 is 1.29 bits per heavy atom. The first-order valence-electron chi connectivity index (χ1n) is 4.55. The zero-order valence-corrected chi connectivity index (χ0v) is 8.64. The summed E-state index contributed by atoms with van der Waals surface area (Å²) in [4.78, 5) is 4.00. The highest BCUT2D eigenvalue weighted by molar-refractivity contribution is 7.80. The minimum absolute atomic E-state index is 0.227. The predicted octanol–water partition coefficient (Wildman–Crippen LogP) is 2.55. The summed E-state index contributed by atoms with van der Waals surface area (Å²) in [5, 5.41) is 0.227. The summed E-state index contributed by atoms with van der Waals surface area (Å²) in [6.07, 6.45) is 5.55. The molecule has 0 spiro atoms. The molecule has 0 bridgehead atoms. The molecule has 0 saturated carbocycles. The van der Waals surface area contributed by atoms with Crippen molar-refractivity contribution in [2.24, 2.45) is 0 Å². The van der Waals surface area contributed by atoms with E-state index in [0.717, 1.165) is 6.54 Å². The minimum Gasteiger partial charge on any atom is -0.336 e. The molecule has 72 valence electrons. The molecule has 2 rings (SSSR count). The largest absolute Gasteiger partial charge is 0.336 e. The summed E-state index contributed by atoms with van der Waals surface area (Å²) < 4.78 is 2.03. The molecule has 2 aromatic rings. The van der Waals surface area contributed by atoms with Crippen LogP contribution >= 0.6 is 12.6 Å². The van der Waals surface area contributed by atoms with Crippen molar-refractivity contribution in [1.82, 2.24) is 9.55 Å². The SMILES string of the molecule is SC(Cn1ccnc1)c1ccccc1. The molecule has 2 nitrogen and oxygen atoms in total. The van der Waals surface area contributed by atoms with E-state index in [1.807, 2.05) is 35.3 Å². The highest BCUT2D eigenvalue weighted by Crippen LogP contribution is 2.20. The molecule has 0 amide bonds. The Labute approximate surface area is 89.0 Å². The van der Waals surface area contributed by atoms with Crippen LogP contribution in [-0.2, 0) is 6.54 Å². The summed E-state index contributed by atoms with van der Waals surface area (Å²) in [5.74, 6) is 0. The average Bonchev–Trinajstić information content (AvgIpc) is 2.72. The quantitative estimate of drug-likeness (QED) is 0.761. The third-order valence-corrected chi connectivity index (χ3v) is 2.59. The van der Waals surface area contributed by atoms with Crippen LogP contribution in [0.15, 0.2) is 49.1 Å². The smallest absolute Gasteiger partial charge is 0.0946 e. The predicted molar refractivity (Wildman–Crippen MR) is 60.4 cm³/mol. The Kier molecular flexibility index (Phi) is 2.89. The van der Waals surface area contributed by atoms with Gasteiger partial charge in [-0.25, -0.2) is 4.98 Å². The zero-order chi connectivity index (χ0) is 9.80. The van der Waals surface area contributed by atoms with Gasteiger partial charge in [0.2, 0.25) is 0 Å². The first kappa shape index (κ1) is 9.34. The van der Waals surface area contributed by atoms with Crippen LogP contribution in [0.3, 0.4) is 0 Å². The van der Waals surface area contributed by atoms with Gasteiger partial charge in [0, 0.05) is 24.2 Å². The second-order valence-electron chi connectivity index (χ2n) is 3.19. The van der Waals surface area contributed by atoms with Gasteiger partial charge in [0.25, 0.3) is 0 Å². The molecule has 0 fully saturated rings. The molecule has 1 unspecified atom stereocenters. The lowest BCUT2D eigenvalue weighted by atomic mass is 10.1. The van der Waals surface area contributed by atoms with Crippen LogP contribution in [0, 0.1) is 0 Å². The third-order valence-electron chi connectivity index (χ3n) is 2.13. The van der Waals surface area contributed by atoms with Gasteiger partial charge < -0.3 is 4.57 Å². The number of aromatic nitrogens is 2. The Morgan fingerprint density at radius 2 is 2.07 bits per heavy atom. The summed E-state index contributed by atoms with van der Waals surface area (Å²) in [5.41, 5.74) is 1.24. The molecular formula is C11H12N2S. The van der Waals surface area contributed by atoms with E-state index in [9.17, 15) is 0 Å². The molecule has 0 saturated heterocycles. The fourth-order valence-electron chi connectivity index (χ4n) is 1.38. The second kappa shape index (κ2) is 4.33. The van der Waals surface area contributed by atoms with Crippen molar-refractivity contribution in [3.63, 3.8) is 0 Å². The molecule has 1 aromatic carbocycles. The summed E-state index contributed by atoms with van der Waals surface area (Å²) in [7, 11) is 0. The lowest BCUT2D eigenvalue weighted by Crippen LogP contribution is -2.01. The number of thiol groups is 1. The molecule has 0 radical (unpaired) electrons. The molecule has 0 aliphatic rings. The van der Waals surface area contributed by atoms with Crippen LogP contribution in [0.4, 0.5) is 0 Å². The maximum absolute atomic E-state index is 4.56. The van der Waals surface area contributed by atoms with Gasteiger partial charge in [0.1, 0.15) is 0 Å². The highest BCUT2D eigenvalue weighted by Gasteiger charge is 2.05. The fourth-order valence-corrected chi connectivity index (χ4v) is 1.74. The van der Waals surface area contributed by atoms with Gasteiger partial charge in [-0.2, -0.15) is 12.6 Å². The van der Waals surface area contributed by atoms with Gasteiger partial charge in [-0.1, -0.05) is 30.3 Å². The Morgan fingerprint density at radius 3 is 2.71 bits per heavy atom. The first-order chi connectivity index (χ1) is 6.86. The minimum atomic E-state index is 0.227. The molecule has 1 atom stereocenters. The molecule has 0 aliphatic carbocycles. The number of benzene rings is 1. The molecule has 3 heteroatoms. The first-order valence-corrected chi connectivity index (χ1v) is 5.06. The van der Waals surface area contributed by atoms with E-state index in [0.29, 0.717) is 0 Å². The number of hydrogen-bond acceptors (Lipinski definition) is 2. The third kappa shape index (κ3) is 2.17. The van der Waals surface area contributed by atoms with Crippen molar-refractivity contribution in [2.75, 3.05) is 0 Å². The second-order valence-corrected chi connectivity index (χ2v) is 3.81. The van der Waals surface area contributed by atoms with Gasteiger partial charge in [0.15, 0.2) is 0 Å². The standard InChI is InChI=1S/C11H12N2S/c14-11(8-13-7-6-12-9-13)10-4-2-1-3-5-10/h1-7,9,11,14H,8H2. The van der Waals surface area contributed by atoms with Crippen LogP contribution < -0.4 is 0 Å². The van der Waals surface area contributed by atoms with E-state index in [-0.39, 0.29) is 5.25 Å². The van der Waals surface area contributed by atoms with Gasteiger partial charge in [0.05, 0.1) is 6.33 Å². The van der Waals surface area contributed by atoms with Crippen LogP contribution in [0.25, 0.3) is 0 Å². The van der Waals surface area contributed by atoms with E-state index < -0.39 is 0 Å². The molecule has 0 N–H and O–H groups in total. The number of hydrogen-bond donors (Lipinski definition) is 1. The van der Waals surface area contributed by atoms with E-state index in [2.05, 4.69) is 29.7 Å². The molecular weight excluding hydrogens is 192 g/mol. The lowest BCUT2D eigenvalue weighted by Gasteiger charge is -2.11. The maximum Gasteiger partial charge on any atom is 0.0946 e. The Hall–Kier alpha value is -1.22. The monoisotopic (exact) mass is 204 g/mol. The molecule has 0 aliphatic heterocycles. The molecule has 1 aromatic heterocycles. The van der Waals surface area contributed by atoms with Gasteiger partial charge in [-0.3, -0.25) is 0 Å². The van der Waals surface area contributed by atoms with Crippen molar-refractivity contribution in [2.45, 2.75) is 11.8 Å². The van der Waals surface area contributed by atoms with Crippen LogP contribution in [0.2, 0.25) is 0 Å². The van der Waals surface area contributed by atoms with Gasteiger partial charge in [-0.05, 0) is 5.56 Å². The van der Waals surface area contributed by atoms with Crippen molar-refractivity contribution in [3.8, 4) is 0 Å². The average molecular weight is 204 g/mol. The summed E-state index contributed by atoms with van der Waals surface area (Å²) in [6, 6.07) is 10.3. The van der Waals surface area contributed by atoms with Crippen molar-refractivity contribution in [3.05, 3.63) is 54.6 Å². The number of imidazole rings is 1. The van der Waals surface area contributed by atoms with E-state index in [1.165, 1.54) is 5.56 Å².